The van der Waals surface area contributed by atoms with Crippen LogP contribution in [0.1, 0.15) is 32.1 Å². The molecule has 0 fully saturated rings. The first-order valence-electron chi connectivity index (χ1n) is 7.78. The van der Waals surface area contributed by atoms with Gasteiger partial charge in [-0.25, -0.2) is 4.98 Å². The molecular weight excluding hydrogens is 308 g/mol. The molecule has 0 saturated carbocycles. The van der Waals surface area contributed by atoms with Crippen molar-refractivity contribution in [2.75, 3.05) is 13.1 Å². The molecule has 2 aliphatic rings. The zero-order chi connectivity index (χ0) is 16.8. The van der Waals surface area contributed by atoms with Crippen LogP contribution in [0, 0.1) is 0 Å². The highest BCUT2D eigenvalue weighted by molar-refractivity contribution is 6.22. The van der Waals surface area contributed by atoms with Gasteiger partial charge in [0.2, 0.25) is 5.91 Å². The predicted molar refractivity (Wildman–Crippen MR) is 84.1 cm³/mol. The Balaban J connectivity index is 1.51. The van der Waals surface area contributed by atoms with Gasteiger partial charge >= 0.3 is 0 Å². The van der Waals surface area contributed by atoms with Gasteiger partial charge in [0.25, 0.3) is 11.8 Å². The van der Waals surface area contributed by atoms with E-state index in [9.17, 15) is 14.4 Å². The molecule has 4 rings (SSSR count). The quantitative estimate of drug-likeness (QED) is 0.758. The van der Waals surface area contributed by atoms with Gasteiger partial charge in [-0.2, -0.15) is 0 Å². The molecule has 0 unspecified atom stereocenters. The summed E-state index contributed by atoms with van der Waals surface area (Å²) in [4.78, 5) is 44.3. The molecule has 7 heteroatoms. The standard InChI is InChI=1S/C17H16N4O3/c1-19-10-18-13-6-7-20(8-14(13)19)15(22)9-21-16(23)11-4-2-3-5-12(11)17(21)24/h2-5,10H,6-9H2,1H3. The lowest BCUT2D eigenvalue weighted by atomic mass is 10.1. The van der Waals surface area contributed by atoms with Crippen molar-refractivity contribution in [3.05, 3.63) is 53.1 Å². The first kappa shape index (κ1) is 14.6. The number of hydrogen-bond donors (Lipinski definition) is 0. The van der Waals surface area contributed by atoms with E-state index in [4.69, 9.17) is 0 Å². The maximum Gasteiger partial charge on any atom is 0.262 e. The monoisotopic (exact) mass is 324 g/mol. The fraction of sp³-hybridized carbons (Fsp3) is 0.294. The van der Waals surface area contributed by atoms with Crippen LogP contribution in [0.4, 0.5) is 0 Å². The zero-order valence-corrected chi connectivity index (χ0v) is 13.2. The van der Waals surface area contributed by atoms with Crippen molar-refractivity contribution >= 4 is 17.7 Å². The minimum Gasteiger partial charge on any atom is -0.336 e. The number of hydrogen-bond acceptors (Lipinski definition) is 4. The number of nitrogens with zero attached hydrogens (tertiary/aromatic N) is 4. The van der Waals surface area contributed by atoms with Crippen molar-refractivity contribution in [1.29, 1.82) is 0 Å². The highest BCUT2D eigenvalue weighted by atomic mass is 16.2. The first-order chi connectivity index (χ1) is 11.6. The van der Waals surface area contributed by atoms with Gasteiger partial charge in [0, 0.05) is 20.0 Å². The number of carbonyl (C=O) groups excluding carboxylic acids is 3. The summed E-state index contributed by atoms with van der Waals surface area (Å²) in [6, 6.07) is 6.65. The number of benzene rings is 1. The van der Waals surface area contributed by atoms with E-state index in [0.29, 0.717) is 30.6 Å². The second kappa shape index (κ2) is 5.30. The summed E-state index contributed by atoms with van der Waals surface area (Å²) in [5.41, 5.74) is 2.73. The number of aryl methyl sites for hydroxylation is 1. The fourth-order valence-electron chi connectivity index (χ4n) is 3.25. The number of fused-ring (bicyclic) bond motifs is 2. The molecule has 0 radical (unpaired) electrons. The van der Waals surface area contributed by atoms with E-state index in [2.05, 4.69) is 4.98 Å². The molecule has 3 amide bonds. The Morgan fingerprint density at radius 1 is 1.17 bits per heavy atom. The van der Waals surface area contributed by atoms with Crippen LogP contribution < -0.4 is 0 Å². The summed E-state index contributed by atoms with van der Waals surface area (Å²) in [5.74, 6) is -1.03. The largest absolute Gasteiger partial charge is 0.336 e. The minimum absolute atomic E-state index is 0.223. The van der Waals surface area contributed by atoms with Crippen molar-refractivity contribution in [1.82, 2.24) is 19.4 Å². The van der Waals surface area contributed by atoms with E-state index >= 15 is 0 Å². The minimum atomic E-state index is -0.401. The van der Waals surface area contributed by atoms with Crippen molar-refractivity contribution in [3.8, 4) is 0 Å². The molecule has 0 spiro atoms. The van der Waals surface area contributed by atoms with Gasteiger partial charge in [-0.05, 0) is 12.1 Å². The summed E-state index contributed by atoms with van der Waals surface area (Å²) < 4.78 is 1.90. The van der Waals surface area contributed by atoms with Crippen LogP contribution in [0.15, 0.2) is 30.6 Å². The lowest BCUT2D eigenvalue weighted by Gasteiger charge is -2.28. The van der Waals surface area contributed by atoms with Crippen LogP contribution in [0.5, 0.6) is 0 Å². The van der Waals surface area contributed by atoms with Gasteiger partial charge in [0.15, 0.2) is 0 Å². The van der Waals surface area contributed by atoms with Crippen molar-refractivity contribution in [3.63, 3.8) is 0 Å². The lowest BCUT2D eigenvalue weighted by molar-refractivity contribution is -0.132. The zero-order valence-electron chi connectivity index (χ0n) is 13.2. The maximum atomic E-state index is 12.6. The van der Waals surface area contributed by atoms with Crippen LogP contribution >= 0.6 is 0 Å². The van der Waals surface area contributed by atoms with Gasteiger partial charge in [0.1, 0.15) is 6.54 Å². The molecule has 122 valence electrons. The molecule has 0 saturated heterocycles. The van der Waals surface area contributed by atoms with Crippen LogP contribution in [0.25, 0.3) is 0 Å². The Morgan fingerprint density at radius 2 is 1.83 bits per heavy atom. The summed E-state index contributed by atoms with van der Waals surface area (Å²) in [6.07, 6.45) is 2.42. The van der Waals surface area contributed by atoms with Gasteiger partial charge in [-0.3, -0.25) is 19.3 Å². The van der Waals surface area contributed by atoms with E-state index in [1.54, 1.807) is 35.5 Å². The number of rotatable bonds is 2. The third kappa shape index (κ3) is 2.12. The van der Waals surface area contributed by atoms with Gasteiger partial charge in [-0.15, -0.1) is 0 Å². The van der Waals surface area contributed by atoms with Crippen molar-refractivity contribution < 1.29 is 14.4 Å². The van der Waals surface area contributed by atoms with Gasteiger partial charge in [-0.1, -0.05) is 12.1 Å². The normalized spacial score (nSPS) is 16.4. The Morgan fingerprint density at radius 3 is 2.50 bits per heavy atom. The van der Waals surface area contributed by atoms with Crippen LogP contribution in [-0.4, -0.2) is 50.2 Å². The second-order valence-corrected chi connectivity index (χ2v) is 6.06. The molecule has 0 aliphatic carbocycles. The molecule has 0 N–H and O–H groups in total. The van der Waals surface area contributed by atoms with Crippen LogP contribution in [0.3, 0.4) is 0 Å². The number of imidazole rings is 1. The predicted octanol–water partition coefficient (Wildman–Crippen LogP) is 0.601. The van der Waals surface area contributed by atoms with Gasteiger partial charge in [0.05, 0.1) is 35.4 Å². The Hall–Kier alpha value is -2.96. The molecule has 0 atom stereocenters. The van der Waals surface area contributed by atoms with Gasteiger partial charge < -0.3 is 9.47 Å². The van der Waals surface area contributed by atoms with E-state index in [0.717, 1.165) is 16.3 Å². The third-order valence-corrected chi connectivity index (χ3v) is 4.63. The number of amides is 3. The summed E-state index contributed by atoms with van der Waals surface area (Å²) in [7, 11) is 1.89. The summed E-state index contributed by atoms with van der Waals surface area (Å²) in [5, 5.41) is 0. The molecule has 2 aromatic rings. The van der Waals surface area contributed by atoms with E-state index in [1.165, 1.54) is 0 Å². The van der Waals surface area contributed by atoms with Crippen molar-refractivity contribution in [2.45, 2.75) is 13.0 Å². The molecular formula is C17H16N4O3. The molecule has 7 nitrogen and oxygen atoms in total. The summed E-state index contributed by atoms with van der Waals surface area (Å²) in [6.45, 7) is 0.777. The van der Waals surface area contributed by atoms with E-state index in [-0.39, 0.29) is 12.5 Å². The number of imide groups is 1. The Bertz CT molecular complexity index is 835. The summed E-state index contributed by atoms with van der Waals surface area (Å²) >= 11 is 0. The molecule has 3 heterocycles. The molecule has 2 aliphatic heterocycles. The van der Waals surface area contributed by atoms with Crippen LogP contribution in [0.2, 0.25) is 0 Å². The smallest absolute Gasteiger partial charge is 0.262 e. The molecule has 0 bridgehead atoms. The average molecular weight is 324 g/mol. The van der Waals surface area contributed by atoms with E-state index < -0.39 is 11.8 Å². The highest BCUT2D eigenvalue weighted by Gasteiger charge is 2.37. The Kier molecular flexibility index (Phi) is 3.23. The highest BCUT2D eigenvalue weighted by Crippen LogP contribution is 2.23. The second-order valence-electron chi connectivity index (χ2n) is 6.06. The molecule has 1 aromatic carbocycles. The van der Waals surface area contributed by atoms with Crippen LogP contribution in [-0.2, 0) is 24.8 Å². The first-order valence-corrected chi connectivity index (χ1v) is 7.78. The lowest BCUT2D eigenvalue weighted by Crippen LogP contribution is -2.44. The van der Waals surface area contributed by atoms with Crippen molar-refractivity contribution in [2.24, 2.45) is 7.05 Å². The molecule has 24 heavy (non-hydrogen) atoms. The molecule has 1 aromatic heterocycles. The van der Waals surface area contributed by atoms with E-state index in [1.807, 2.05) is 11.6 Å². The third-order valence-electron chi connectivity index (χ3n) is 4.63. The SMILES string of the molecule is Cn1cnc2c1CN(C(=O)CN1C(=O)c3ccccc3C1=O)CC2. The average Bonchev–Trinajstić information content (AvgIpc) is 3.08. The number of aromatic nitrogens is 2. The maximum absolute atomic E-state index is 12.6. The topological polar surface area (TPSA) is 75.5 Å². The Labute approximate surface area is 138 Å². The number of carbonyl (C=O) groups is 3. The fourth-order valence-corrected chi connectivity index (χ4v) is 3.25.